The van der Waals surface area contributed by atoms with Crippen LogP contribution in [0.3, 0.4) is 0 Å². The molecule has 0 spiro atoms. The van der Waals surface area contributed by atoms with Gasteiger partial charge in [-0.2, -0.15) is 0 Å². The second-order valence-corrected chi connectivity index (χ2v) is 8.87. The van der Waals surface area contributed by atoms with Crippen LogP contribution in [0.5, 0.6) is 0 Å². The summed E-state index contributed by atoms with van der Waals surface area (Å²) in [6.07, 6.45) is 5.26. The van der Waals surface area contributed by atoms with Crippen molar-refractivity contribution in [1.29, 1.82) is 0 Å². The van der Waals surface area contributed by atoms with E-state index in [9.17, 15) is 4.79 Å². The number of hydrogen-bond donors (Lipinski definition) is 1. The third kappa shape index (κ3) is 3.30. The van der Waals surface area contributed by atoms with Crippen molar-refractivity contribution in [1.82, 2.24) is 15.2 Å². The average Bonchev–Trinajstić information content (AvgIpc) is 3.01. The van der Waals surface area contributed by atoms with E-state index in [1.165, 1.54) is 5.56 Å². The number of aromatic nitrogens is 1. The number of hydrogen-bond acceptors (Lipinski definition) is 4. The standard InChI is InChI=1S/C21H27N3OS/c1-15-19(26-18(23-15)14-16-8-4-3-5-9-16)20(25)24-13-7-11-21(2)17(24)10-6-12-22-21/h3-5,8-9,17,22H,6-7,10-14H2,1-2H3/t17-,21+/m1/s1. The molecule has 0 radical (unpaired) electrons. The zero-order valence-corrected chi connectivity index (χ0v) is 16.4. The van der Waals surface area contributed by atoms with Gasteiger partial charge in [-0.1, -0.05) is 30.3 Å². The van der Waals surface area contributed by atoms with Crippen LogP contribution >= 0.6 is 11.3 Å². The fourth-order valence-corrected chi connectivity index (χ4v) is 5.56. The predicted molar refractivity (Wildman–Crippen MR) is 106 cm³/mol. The third-order valence-corrected chi connectivity index (χ3v) is 7.03. The lowest BCUT2D eigenvalue weighted by atomic mass is 9.78. The largest absolute Gasteiger partial charge is 0.333 e. The third-order valence-electron chi connectivity index (χ3n) is 5.88. The monoisotopic (exact) mass is 369 g/mol. The van der Waals surface area contributed by atoms with Crippen molar-refractivity contribution in [2.24, 2.45) is 0 Å². The molecule has 2 aliphatic heterocycles. The van der Waals surface area contributed by atoms with Gasteiger partial charge in [-0.25, -0.2) is 4.98 Å². The number of nitrogens with one attached hydrogen (secondary N) is 1. The highest BCUT2D eigenvalue weighted by molar-refractivity contribution is 7.13. The lowest BCUT2D eigenvalue weighted by Crippen LogP contribution is -2.65. The number of nitrogens with zero attached hydrogens (tertiary/aromatic N) is 2. The van der Waals surface area contributed by atoms with Gasteiger partial charge in [0.15, 0.2) is 0 Å². The molecule has 2 fully saturated rings. The van der Waals surface area contributed by atoms with Crippen molar-refractivity contribution < 1.29 is 4.79 Å². The maximum atomic E-state index is 13.4. The Balaban J connectivity index is 1.56. The molecular weight excluding hydrogens is 342 g/mol. The zero-order valence-electron chi connectivity index (χ0n) is 15.6. The van der Waals surface area contributed by atoms with Crippen LogP contribution in [0.2, 0.25) is 0 Å². The number of fused-ring (bicyclic) bond motifs is 1. The van der Waals surface area contributed by atoms with E-state index in [-0.39, 0.29) is 11.4 Å². The highest BCUT2D eigenvalue weighted by Gasteiger charge is 2.44. The summed E-state index contributed by atoms with van der Waals surface area (Å²) in [6.45, 7) is 6.19. The van der Waals surface area contributed by atoms with Gasteiger partial charge in [-0.05, 0) is 51.6 Å². The van der Waals surface area contributed by atoms with E-state index in [0.717, 1.165) is 60.8 Å². The number of aryl methyl sites for hydroxylation is 1. The van der Waals surface area contributed by atoms with Crippen molar-refractivity contribution in [2.75, 3.05) is 13.1 Å². The van der Waals surface area contributed by atoms with E-state index < -0.39 is 0 Å². The normalized spacial score (nSPS) is 25.8. The lowest BCUT2D eigenvalue weighted by molar-refractivity contribution is 0.0257. The first-order valence-corrected chi connectivity index (χ1v) is 10.4. The average molecular weight is 370 g/mol. The number of thiazole rings is 1. The van der Waals surface area contributed by atoms with Crippen LogP contribution in [-0.4, -0.2) is 40.5 Å². The molecule has 1 amide bonds. The van der Waals surface area contributed by atoms with Gasteiger partial charge in [0, 0.05) is 24.5 Å². The van der Waals surface area contributed by atoms with Crippen LogP contribution in [0.4, 0.5) is 0 Å². The van der Waals surface area contributed by atoms with Crippen molar-refractivity contribution in [2.45, 2.75) is 57.5 Å². The lowest BCUT2D eigenvalue weighted by Gasteiger charge is -2.51. The minimum atomic E-state index is 0.0671. The van der Waals surface area contributed by atoms with E-state index in [1.807, 2.05) is 25.1 Å². The highest BCUT2D eigenvalue weighted by Crippen LogP contribution is 2.35. The van der Waals surface area contributed by atoms with Gasteiger partial charge in [0.05, 0.1) is 10.7 Å². The molecule has 3 heterocycles. The summed E-state index contributed by atoms with van der Waals surface area (Å²) in [5.41, 5.74) is 2.18. The molecule has 2 aliphatic rings. The van der Waals surface area contributed by atoms with Gasteiger partial charge >= 0.3 is 0 Å². The molecule has 2 atom stereocenters. The summed E-state index contributed by atoms with van der Waals surface area (Å²) in [5.74, 6) is 0.180. The topological polar surface area (TPSA) is 45.2 Å². The number of amides is 1. The summed E-state index contributed by atoms with van der Waals surface area (Å²) in [7, 11) is 0. The Bertz CT molecular complexity index is 784. The number of piperidine rings is 2. The van der Waals surface area contributed by atoms with E-state index in [4.69, 9.17) is 4.98 Å². The number of rotatable bonds is 3. The van der Waals surface area contributed by atoms with Crippen LogP contribution in [0.1, 0.15) is 58.5 Å². The van der Waals surface area contributed by atoms with Crippen molar-refractivity contribution in [3.63, 3.8) is 0 Å². The van der Waals surface area contributed by atoms with E-state index >= 15 is 0 Å². The Morgan fingerprint density at radius 2 is 2.15 bits per heavy atom. The summed E-state index contributed by atoms with van der Waals surface area (Å²) in [5, 5.41) is 4.71. The van der Waals surface area contributed by atoms with Gasteiger partial charge < -0.3 is 10.2 Å². The summed E-state index contributed by atoms with van der Waals surface area (Å²) in [4.78, 5) is 21.0. The summed E-state index contributed by atoms with van der Waals surface area (Å²) < 4.78 is 0. The molecule has 2 aromatic rings. The molecule has 26 heavy (non-hydrogen) atoms. The Morgan fingerprint density at radius 3 is 2.96 bits per heavy atom. The second kappa shape index (κ2) is 7.12. The molecule has 1 aromatic carbocycles. The molecule has 0 aliphatic carbocycles. The Labute approximate surface area is 159 Å². The Kier molecular flexibility index (Phi) is 4.84. The van der Waals surface area contributed by atoms with Gasteiger partial charge in [-0.3, -0.25) is 4.79 Å². The molecule has 5 heteroatoms. The summed E-state index contributed by atoms with van der Waals surface area (Å²) in [6, 6.07) is 10.6. The maximum absolute atomic E-state index is 13.4. The first-order chi connectivity index (χ1) is 12.6. The molecule has 4 nitrogen and oxygen atoms in total. The number of likely N-dealkylation sites (tertiary alicyclic amines) is 1. The van der Waals surface area contributed by atoms with Crippen LogP contribution in [0, 0.1) is 6.92 Å². The maximum Gasteiger partial charge on any atom is 0.266 e. The van der Waals surface area contributed by atoms with Gasteiger partial charge in [-0.15, -0.1) is 11.3 Å². The first-order valence-electron chi connectivity index (χ1n) is 9.63. The minimum Gasteiger partial charge on any atom is -0.333 e. The predicted octanol–water partition coefficient (Wildman–Crippen LogP) is 3.79. The SMILES string of the molecule is Cc1nc(Cc2ccccc2)sc1C(=O)N1CCC[C@]2(C)NCCC[C@@H]12. The molecule has 0 bridgehead atoms. The van der Waals surface area contributed by atoms with E-state index in [0.29, 0.717) is 6.04 Å². The first kappa shape index (κ1) is 17.7. The van der Waals surface area contributed by atoms with Crippen LogP contribution < -0.4 is 5.32 Å². The van der Waals surface area contributed by atoms with Gasteiger partial charge in [0.1, 0.15) is 4.88 Å². The molecule has 138 valence electrons. The van der Waals surface area contributed by atoms with Crippen LogP contribution in [-0.2, 0) is 6.42 Å². The fraction of sp³-hybridized carbons (Fsp3) is 0.524. The van der Waals surface area contributed by atoms with Crippen molar-refractivity contribution in [3.8, 4) is 0 Å². The smallest absolute Gasteiger partial charge is 0.266 e. The summed E-state index contributed by atoms with van der Waals surface area (Å²) >= 11 is 1.57. The van der Waals surface area contributed by atoms with E-state index in [2.05, 4.69) is 29.3 Å². The molecular formula is C21H27N3OS. The van der Waals surface area contributed by atoms with E-state index in [1.54, 1.807) is 11.3 Å². The quantitative estimate of drug-likeness (QED) is 0.895. The van der Waals surface area contributed by atoms with Crippen molar-refractivity contribution >= 4 is 17.2 Å². The Hall–Kier alpha value is -1.72. The van der Waals surface area contributed by atoms with Crippen LogP contribution in [0.15, 0.2) is 30.3 Å². The molecule has 1 aromatic heterocycles. The number of carbonyl (C=O) groups is 1. The number of benzene rings is 1. The molecule has 1 N–H and O–H groups in total. The fourth-order valence-electron chi connectivity index (χ4n) is 4.50. The molecule has 0 unspecified atom stereocenters. The van der Waals surface area contributed by atoms with Gasteiger partial charge in [0.2, 0.25) is 0 Å². The highest BCUT2D eigenvalue weighted by atomic mass is 32.1. The molecule has 0 saturated carbocycles. The second-order valence-electron chi connectivity index (χ2n) is 7.79. The zero-order chi connectivity index (χ0) is 18.1. The minimum absolute atomic E-state index is 0.0671. The van der Waals surface area contributed by atoms with Gasteiger partial charge in [0.25, 0.3) is 5.91 Å². The molecule has 2 saturated heterocycles. The number of carbonyl (C=O) groups excluding carboxylic acids is 1. The van der Waals surface area contributed by atoms with Crippen molar-refractivity contribution in [3.05, 3.63) is 51.5 Å². The van der Waals surface area contributed by atoms with Crippen LogP contribution in [0.25, 0.3) is 0 Å². The Morgan fingerprint density at radius 1 is 1.35 bits per heavy atom. The molecule has 4 rings (SSSR count).